The Labute approximate surface area is 121 Å². The highest BCUT2D eigenvalue weighted by atomic mass is 79.9. The van der Waals surface area contributed by atoms with Crippen molar-refractivity contribution in [3.63, 3.8) is 0 Å². The maximum absolute atomic E-state index is 12.1. The predicted molar refractivity (Wildman–Crippen MR) is 77.8 cm³/mol. The largest absolute Gasteiger partial charge is 0.375 e. The molecule has 1 aromatic rings. The molecule has 4 nitrogen and oxygen atoms in total. The number of rotatable bonds is 5. The maximum atomic E-state index is 12.1. The fourth-order valence-corrected chi connectivity index (χ4v) is 2.42. The normalized spacial score (nSPS) is 13.7. The van der Waals surface area contributed by atoms with Crippen LogP contribution in [0.1, 0.15) is 25.3 Å². The topological polar surface area (TPSA) is 56.1 Å². The summed E-state index contributed by atoms with van der Waals surface area (Å²) in [5, 5.41) is 12.1. The summed E-state index contributed by atoms with van der Waals surface area (Å²) in [6, 6.07) is 7.91. The van der Waals surface area contributed by atoms with E-state index in [2.05, 4.69) is 27.3 Å². The first-order valence-corrected chi connectivity index (χ1v) is 7.18. The van der Waals surface area contributed by atoms with Crippen LogP contribution in [0.5, 0.6) is 0 Å². The number of nitriles is 1. The molecule has 0 heterocycles. The van der Waals surface area contributed by atoms with Crippen LogP contribution in [0.15, 0.2) is 22.7 Å². The van der Waals surface area contributed by atoms with E-state index < -0.39 is 0 Å². The first-order chi connectivity index (χ1) is 9.15. The molecule has 19 heavy (non-hydrogen) atoms. The van der Waals surface area contributed by atoms with Crippen molar-refractivity contribution in [1.29, 1.82) is 5.26 Å². The van der Waals surface area contributed by atoms with E-state index in [-0.39, 0.29) is 12.5 Å². The highest BCUT2D eigenvalue weighted by Crippen LogP contribution is 2.27. The van der Waals surface area contributed by atoms with E-state index in [4.69, 9.17) is 5.26 Å². The first-order valence-electron chi connectivity index (χ1n) is 6.38. The van der Waals surface area contributed by atoms with Crippen LogP contribution in [0.2, 0.25) is 0 Å². The second-order valence-electron chi connectivity index (χ2n) is 4.57. The van der Waals surface area contributed by atoms with E-state index in [9.17, 15) is 4.79 Å². The van der Waals surface area contributed by atoms with Crippen LogP contribution in [0, 0.1) is 11.3 Å². The van der Waals surface area contributed by atoms with Gasteiger partial charge in [0.1, 0.15) is 6.07 Å². The molecule has 5 heteroatoms. The highest BCUT2D eigenvalue weighted by molar-refractivity contribution is 9.10. The van der Waals surface area contributed by atoms with Gasteiger partial charge in [0.15, 0.2) is 0 Å². The lowest BCUT2D eigenvalue weighted by Crippen LogP contribution is -2.37. The number of carbonyl (C=O) groups excluding carboxylic acids is 1. The number of halogens is 1. The SMILES string of the molecule is CCN(C(=O)CNc1cc(Br)ccc1C#N)C1CC1. The van der Waals surface area contributed by atoms with Crippen molar-refractivity contribution < 1.29 is 4.79 Å². The molecule has 1 N–H and O–H groups in total. The molecule has 1 aromatic carbocycles. The molecular formula is C14H16BrN3O. The summed E-state index contributed by atoms with van der Waals surface area (Å²) >= 11 is 3.36. The zero-order chi connectivity index (χ0) is 13.8. The number of nitrogens with one attached hydrogen (secondary N) is 1. The summed E-state index contributed by atoms with van der Waals surface area (Å²) < 4.78 is 0.885. The molecule has 0 spiro atoms. The second kappa shape index (κ2) is 6.07. The highest BCUT2D eigenvalue weighted by Gasteiger charge is 2.30. The Kier molecular flexibility index (Phi) is 4.43. The lowest BCUT2D eigenvalue weighted by molar-refractivity contribution is -0.129. The standard InChI is InChI=1S/C14H16BrN3O/c1-2-18(12-5-6-12)14(19)9-17-13-7-11(15)4-3-10(13)8-16/h3-4,7,12,17H,2,5-6,9H2,1H3. The Morgan fingerprint density at radius 3 is 2.89 bits per heavy atom. The van der Waals surface area contributed by atoms with Crippen molar-refractivity contribution in [2.75, 3.05) is 18.4 Å². The van der Waals surface area contributed by atoms with Crippen LogP contribution in [0.3, 0.4) is 0 Å². The molecule has 0 saturated heterocycles. The van der Waals surface area contributed by atoms with E-state index in [0.29, 0.717) is 17.3 Å². The zero-order valence-electron chi connectivity index (χ0n) is 10.8. The fraction of sp³-hybridized carbons (Fsp3) is 0.429. The van der Waals surface area contributed by atoms with E-state index in [0.717, 1.165) is 23.9 Å². The minimum absolute atomic E-state index is 0.0915. The van der Waals surface area contributed by atoms with Crippen LogP contribution in [-0.2, 0) is 4.79 Å². The van der Waals surface area contributed by atoms with Gasteiger partial charge >= 0.3 is 0 Å². The summed E-state index contributed by atoms with van der Waals surface area (Å²) in [5.74, 6) is 0.0915. The molecule has 2 rings (SSSR count). The quantitative estimate of drug-likeness (QED) is 0.907. The van der Waals surface area contributed by atoms with Crippen LogP contribution < -0.4 is 5.32 Å². The average Bonchev–Trinajstić information content (AvgIpc) is 3.22. The number of anilines is 1. The minimum atomic E-state index is 0.0915. The molecule has 1 fully saturated rings. The van der Waals surface area contributed by atoms with Gasteiger partial charge in [-0.2, -0.15) is 5.26 Å². The van der Waals surface area contributed by atoms with Gasteiger partial charge in [-0.05, 0) is 38.0 Å². The Hall–Kier alpha value is -1.54. The number of carbonyl (C=O) groups is 1. The molecule has 1 amide bonds. The van der Waals surface area contributed by atoms with Gasteiger partial charge in [0.25, 0.3) is 0 Å². The second-order valence-corrected chi connectivity index (χ2v) is 5.48. The summed E-state index contributed by atoms with van der Waals surface area (Å²) in [5.41, 5.74) is 1.24. The Balaban J connectivity index is 2.00. The van der Waals surface area contributed by atoms with Crippen LogP contribution >= 0.6 is 15.9 Å². The van der Waals surface area contributed by atoms with Crippen molar-refractivity contribution in [3.05, 3.63) is 28.2 Å². The van der Waals surface area contributed by atoms with Crippen molar-refractivity contribution in [1.82, 2.24) is 4.90 Å². The van der Waals surface area contributed by atoms with Gasteiger partial charge in [0.2, 0.25) is 5.91 Å². The van der Waals surface area contributed by atoms with Crippen molar-refractivity contribution in [2.24, 2.45) is 0 Å². The van der Waals surface area contributed by atoms with Crippen molar-refractivity contribution in [3.8, 4) is 6.07 Å². The number of benzene rings is 1. The van der Waals surface area contributed by atoms with Gasteiger partial charge in [-0.15, -0.1) is 0 Å². The third kappa shape index (κ3) is 3.48. The molecule has 0 unspecified atom stereocenters. The van der Waals surface area contributed by atoms with E-state index in [1.54, 1.807) is 6.07 Å². The third-order valence-electron chi connectivity index (χ3n) is 3.18. The van der Waals surface area contributed by atoms with E-state index in [1.807, 2.05) is 24.0 Å². The number of hydrogen-bond donors (Lipinski definition) is 1. The van der Waals surface area contributed by atoms with Gasteiger partial charge in [-0.1, -0.05) is 15.9 Å². The minimum Gasteiger partial charge on any atom is -0.375 e. The summed E-state index contributed by atoms with van der Waals surface area (Å²) in [4.78, 5) is 14.0. The Bertz CT molecular complexity index is 520. The molecule has 100 valence electrons. The van der Waals surface area contributed by atoms with Gasteiger partial charge in [-0.25, -0.2) is 0 Å². The van der Waals surface area contributed by atoms with Gasteiger partial charge in [0.05, 0.1) is 17.8 Å². The monoisotopic (exact) mass is 321 g/mol. The van der Waals surface area contributed by atoms with Gasteiger partial charge in [-0.3, -0.25) is 4.79 Å². The van der Waals surface area contributed by atoms with Crippen molar-refractivity contribution >= 4 is 27.5 Å². The molecule has 1 aliphatic carbocycles. The van der Waals surface area contributed by atoms with E-state index in [1.165, 1.54) is 0 Å². The van der Waals surface area contributed by atoms with Gasteiger partial charge < -0.3 is 10.2 Å². The van der Waals surface area contributed by atoms with Crippen LogP contribution in [-0.4, -0.2) is 29.9 Å². The lowest BCUT2D eigenvalue weighted by atomic mass is 10.2. The van der Waals surface area contributed by atoms with Crippen LogP contribution in [0.25, 0.3) is 0 Å². The average molecular weight is 322 g/mol. The summed E-state index contributed by atoms with van der Waals surface area (Å²) in [6.45, 7) is 2.97. The van der Waals surface area contributed by atoms with Crippen molar-refractivity contribution in [2.45, 2.75) is 25.8 Å². The maximum Gasteiger partial charge on any atom is 0.242 e. The molecule has 0 aromatic heterocycles. The molecule has 1 aliphatic rings. The summed E-state index contributed by atoms with van der Waals surface area (Å²) in [7, 11) is 0. The number of hydrogen-bond acceptors (Lipinski definition) is 3. The molecule has 0 bridgehead atoms. The van der Waals surface area contributed by atoms with E-state index >= 15 is 0 Å². The molecular weight excluding hydrogens is 306 g/mol. The number of amides is 1. The fourth-order valence-electron chi connectivity index (χ4n) is 2.06. The summed E-state index contributed by atoms with van der Waals surface area (Å²) in [6.07, 6.45) is 2.22. The number of likely N-dealkylation sites (N-methyl/N-ethyl adjacent to an activating group) is 1. The zero-order valence-corrected chi connectivity index (χ0v) is 12.4. The molecule has 0 aliphatic heterocycles. The molecule has 0 radical (unpaired) electrons. The molecule has 1 saturated carbocycles. The smallest absolute Gasteiger partial charge is 0.242 e. The predicted octanol–water partition coefficient (Wildman–Crippen LogP) is 2.74. The Morgan fingerprint density at radius 2 is 2.32 bits per heavy atom. The first kappa shape index (κ1) is 13.9. The third-order valence-corrected chi connectivity index (χ3v) is 3.67. The Morgan fingerprint density at radius 1 is 1.58 bits per heavy atom. The van der Waals surface area contributed by atoms with Crippen LogP contribution in [0.4, 0.5) is 5.69 Å². The lowest BCUT2D eigenvalue weighted by Gasteiger charge is -2.21. The molecule has 0 atom stereocenters. The van der Waals surface area contributed by atoms with Gasteiger partial charge in [0, 0.05) is 17.1 Å². The number of nitrogens with zero attached hydrogens (tertiary/aromatic N) is 2.